The molecular formula is C23H25FN2O2. The van der Waals surface area contributed by atoms with Gasteiger partial charge >= 0.3 is 5.97 Å². The van der Waals surface area contributed by atoms with E-state index in [0.29, 0.717) is 0 Å². The summed E-state index contributed by atoms with van der Waals surface area (Å²) in [4.78, 5) is 12.1. The van der Waals surface area contributed by atoms with Gasteiger partial charge in [0.15, 0.2) is 0 Å². The van der Waals surface area contributed by atoms with Crippen molar-refractivity contribution in [3.63, 3.8) is 0 Å². The molecule has 3 aromatic rings. The molecule has 1 N–H and O–H groups in total. The second-order valence-corrected chi connectivity index (χ2v) is 8.38. The number of aromatic nitrogens is 2. The Labute approximate surface area is 164 Å². The quantitative estimate of drug-likeness (QED) is 0.652. The minimum Gasteiger partial charge on any atom is -0.481 e. The number of rotatable bonds is 4. The maximum atomic E-state index is 13.2. The Morgan fingerprint density at radius 2 is 1.79 bits per heavy atom. The molecule has 5 heteroatoms. The van der Waals surface area contributed by atoms with E-state index in [2.05, 4.69) is 17.2 Å². The molecule has 1 aliphatic rings. The maximum absolute atomic E-state index is 13.2. The van der Waals surface area contributed by atoms with E-state index in [0.717, 1.165) is 54.3 Å². The first-order valence-electron chi connectivity index (χ1n) is 9.83. The van der Waals surface area contributed by atoms with Crippen LogP contribution in [0.15, 0.2) is 48.7 Å². The van der Waals surface area contributed by atoms with Gasteiger partial charge in [0.25, 0.3) is 0 Å². The van der Waals surface area contributed by atoms with Crippen LogP contribution in [0.5, 0.6) is 0 Å². The number of aliphatic carboxylic acids is 1. The van der Waals surface area contributed by atoms with Crippen LogP contribution in [-0.2, 0) is 10.2 Å². The molecule has 146 valence electrons. The SMILES string of the molecule is CC(C)(C(=O)O)C1(c2ccc3c(cnn3-c3ccc(F)cc3)c2)CCCCC1. The summed E-state index contributed by atoms with van der Waals surface area (Å²) in [5, 5.41) is 15.4. The van der Waals surface area contributed by atoms with E-state index in [1.54, 1.807) is 23.0 Å². The van der Waals surface area contributed by atoms with Crippen molar-refractivity contribution in [3.8, 4) is 5.69 Å². The number of nitrogens with zero attached hydrogens (tertiary/aromatic N) is 2. The van der Waals surface area contributed by atoms with E-state index in [9.17, 15) is 14.3 Å². The number of hydrogen-bond acceptors (Lipinski definition) is 2. The van der Waals surface area contributed by atoms with E-state index >= 15 is 0 Å². The molecule has 0 saturated heterocycles. The lowest BCUT2D eigenvalue weighted by Crippen LogP contribution is -2.48. The predicted molar refractivity (Wildman–Crippen MR) is 107 cm³/mol. The summed E-state index contributed by atoms with van der Waals surface area (Å²) in [6.45, 7) is 3.71. The first-order chi connectivity index (χ1) is 13.3. The molecule has 0 bridgehead atoms. The van der Waals surface area contributed by atoms with E-state index in [1.807, 2.05) is 19.9 Å². The van der Waals surface area contributed by atoms with Crippen LogP contribution in [0.4, 0.5) is 4.39 Å². The Morgan fingerprint density at radius 1 is 1.11 bits per heavy atom. The Balaban J connectivity index is 1.82. The molecule has 4 rings (SSSR count). The molecule has 4 nitrogen and oxygen atoms in total. The van der Waals surface area contributed by atoms with Gasteiger partial charge in [0.05, 0.1) is 22.8 Å². The van der Waals surface area contributed by atoms with Crippen LogP contribution in [-0.4, -0.2) is 20.9 Å². The Kier molecular flexibility index (Phi) is 4.48. The molecule has 0 atom stereocenters. The molecule has 0 spiro atoms. The first kappa shape index (κ1) is 18.7. The van der Waals surface area contributed by atoms with Crippen molar-refractivity contribution in [1.29, 1.82) is 0 Å². The minimum atomic E-state index is -0.853. The highest BCUT2D eigenvalue weighted by atomic mass is 19.1. The second-order valence-electron chi connectivity index (χ2n) is 8.38. The number of carboxylic acids is 1. The Morgan fingerprint density at radius 3 is 2.43 bits per heavy atom. The average Bonchev–Trinajstić information content (AvgIpc) is 3.12. The summed E-state index contributed by atoms with van der Waals surface area (Å²) in [5.74, 6) is -1.03. The molecule has 0 radical (unpaired) electrons. The van der Waals surface area contributed by atoms with E-state index in [4.69, 9.17) is 0 Å². The third-order valence-corrected chi connectivity index (χ3v) is 6.63. The van der Waals surface area contributed by atoms with Crippen LogP contribution >= 0.6 is 0 Å². The van der Waals surface area contributed by atoms with Crippen LogP contribution in [0.3, 0.4) is 0 Å². The van der Waals surface area contributed by atoms with Crippen molar-refractivity contribution in [2.75, 3.05) is 0 Å². The molecule has 0 unspecified atom stereocenters. The summed E-state index contributed by atoms with van der Waals surface area (Å²) < 4.78 is 15.0. The van der Waals surface area contributed by atoms with Gasteiger partial charge in [-0.3, -0.25) is 4.79 Å². The van der Waals surface area contributed by atoms with Crippen molar-refractivity contribution >= 4 is 16.9 Å². The highest BCUT2D eigenvalue weighted by Gasteiger charge is 2.51. The monoisotopic (exact) mass is 380 g/mol. The van der Waals surface area contributed by atoms with Crippen LogP contribution in [0, 0.1) is 11.2 Å². The third kappa shape index (κ3) is 2.81. The fraction of sp³-hybridized carbons (Fsp3) is 0.391. The molecule has 1 fully saturated rings. The Bertz CT molecular complexity index is 1010. The second kappa shape index (κ2) is 6.73. The predicted octanol–water partition coefficient (Wildman–Crippen LogP) is 5.48. The van der Waals surface area contributed by atoms with E-state index < -0.39 is 11.4 Å². The average molecular weight is 380 g/mol. The van der Waals surface area contributed by atoms with Crippen LogP contribution in [0.2, 0.25) is 0 Å². The zero-order valence-electron chi connectivity index (χ0n) is 16.3. The van der Waals surface area contributed by atoms with Gasteiger partial charge in [-0.05, 0) is 68.7 Å². The third-order valence-electron chi connectivity index (χ3n) is 6.63. The largest absolute Gasteiger partial charge is 0.481 e. The molecular weight excluding hydrogens is 355 g/mol. The van der Waals surface area contributed by atoms with Crippen molar-refractivity contribution in [3.05, 3.63) is 60.0 Å². The van der Waals surface area contributed by atoms with Crippen LogP contribution in [0.25, 0.3) is 16.6 Å². The molecule has 1 aromatic heterocycles. The number of fused-ring (bicyclic) bond motifs is 1. The molecule has 2 aromatic carbocycles. The van der Waals surface area contributed by atoms with Gasteiger partial charge in [0.2, 0.25) is 0 Å². The highest BCUT2D eigenvalue weighted by molar-refractivity contribution is 5.82. The summed E-state index contributed by atoms with van der Waals surface area (Å²) >= 11 is 0. The van der Waals surface area contributed by atoms with Crippen LogP contribution in [0.1, 0.15) is 51.5 Å². The molecule has 0 amide bonds. The Hall–Kier alpha value is -2.69. The lowest BCUT2D eigenvalue weighted by molar-refractivity contribution is -0.152. The van der Waals surface area contributed by atoms with Crippen LogP contribution < -0.4 is 0 Å². The summed E-state index contributed by atoms with van der Waals surface area (Å²) in [6.07, 6.45) is 6.80. The number of hydrogen-bond donors (Lipinski definition) is 1. The molecule has 28 heavy (non-hydrogen) atoms. The standard InChI is InChI=1S/C23H25FN2O2/c1-22(2,21(27)28)23(12-4-3-5-13-23)17-6-11-20-16(14-17)15-25-26(20)19-9-7-18(24)8-10-19/h6-11,14-15H,3-5,12-13H2,1-2H3,(H,27,28). The highest BCUT2D eigenvalue weighted by Crippen LogP contribution is 2.52. The van der Waals surface area contributed by atoms with Crippen molar-refractivity contribution in [1.82, 2.24) is 9.78 Å². The zero-order chi connectivity index (χ0) is 19.9. The van der Waals surface area contributed by atoms with Gasteiger partial charge in [-0.1, -0.05) is 25.3 Å². The number of carbonyl (C=O) groups is 1. The molecule has 1 aliphatic carbocycles. The van der Waals surface area contributed by atoms with E-state index in [-0.39, 0.29) is 11.2 Å². The fourth-order valence-electron chi connectivity index (χ4n) is 4.75. The number of carboxylic acid groups (broad SMARTS) is 1. The topological polar surface area (TPSA) is 55.1 Å². The lowest BCUT2D eigenvalue weighted by atomic mass is 9.55. The van der Waals surface area contributed by atoms with Gasteiger partial charge in [-0.25, -0.2) is 9.07 Å². The zero-order valence-corrected chi connectivity index (χ0v) is 16.3. The van der Waals surface area contributed by atoms with Gasteiger partial charge in [-0.2, -0.15) is 5.10 Å². The maximum Gasteiger partial charge on any atom is 0.309 e. The number of halogens is 1. The van der Waals surface area contributed by atoms with Crippen molar-refractivity contribution in [2.45, 2.75) is 51.4 Å². The van der Waals surface area contributed by atoms with Crippen molar-refractivity contribution < 1.29 is 14.3 Å². The van der Waals surface area contributed by atoms with Crippen molar-refractivity contribution in [2.24, 2.45) is 5.41 Å². The summed E-state index contributed by atoms with van der Waals surface area (Å²) in [6, 6.07) is 12.4. The van der Waals surface area contributed by atoms with Gasteiger partial charge in [0, 0.05) is 10.8 Å². The molecule has 1 heterocycles. The first-order valence-corrected chi connectivity index (χ1v) is 9.83. The summed E-state index contributed by atoms with van der Waals surface area (Å²) in [7, 11) is 0. The summed E-state index contributed by atoms with van der Waals surface area (Å²) in [5.41, 5.74) is 1.56. The molecule has 0 aliphatic heterocycles. The van der Waals surface area contributed by atoms with E-state index in [1.165, 1.54) is 12.1 Å². The van der Waals surface area contributed by atoms with Gasteiger partial charge < -0.3 is 5.11 Å². The number of benzene rings is 2. The van der Waals surface area contributed by atoms with Gasteiger partial charge in [0.1, 0.15) is 5.82 Å². The van der Waals surface area contributed by atoms with Gasteiger partial charge in [-0.15, -0.1) is 0 Å². The molecule has 1 saturated carbocycles. The normalized spacial score (nSPS) is 17.0. The minimum absolute atomic E-state index is 0.280. The smallest absolute Gasteiger partial charge is 0.309 e. The fourth-order valence-corrected chi connectivity index (χ4v) is 4.75. The lowest BCUT2D eigenvalue weighted by Gasteiger charge is -2.47.